The molecule has 0 aliphatic carbocycles. The highest BCUT2D eigenvalue weighted by molar-refractivity contribution is 9.10. The lowest BCUT2D eigenvalue weighted by molar-refractivity contribution is -0.113. The van der Waals surface area contributed by atoms with E-state index in [2.05, 4.69) is 21.2 Å². The van der Waals surface area contributed by atoms with Crippen LogP contribution >= 0.6 is 15.9 Å². The Bertz CT molecular complexity index is 775. The predicted octanol–water partition coefficient (Wildman–Crippen LogP) is 2.44. The van der Waals surface area contributed by atoms with Crippen molar-refractivity contribution in [1.29, 1.82) is 0 Å². The highest BCUT2D eigenvalue weighted by Crippen LogP contribution is 2.20. The van der Waals surface area contributed by atoms with E-state index in [4.69, 9.17) is 5.73 Å². The number of amides is 1. The molecule has 0 bridgehead atoms. The molecule has 0 aliphatic heterocycles. The van der Waals surface area contributed by atoms with E-state index in [1.54, 1.807) is 36.4 Å². The number of nitrogen functional groups attached to an aromatic ring is 1. The summed E-state index contributed by atoms with van der Waals surface area (Å²) in [6.07, 6.45) is 0. The number of rotatable bonds is 4. The van der Waals surface area contributed by atoms with Gasteiger partial charge in [0.05, 0.1) is 10.6 Å². The fourth-order valence-corrected chi connectivity index (χ4v) is 3.46. The van der Waals surface area contributed by atoms with Gasteiger partial charge in [0, 0.05) is 10.2 Å². The van der Waals surface area contributed by atoms with Gasteiger partial charge >= 0.3 is 0 Å². The largest absolute Gasteiger partial charge is 0.398 e. The first-order valence-electron chi connectivity index (χ1n) is 6.01. The van der Waals surface area contributed by atoms with Crippen molar-refractivity contribution in [2.75, 3.05) is 16.8 Å². The zero-order valence-corrected chi connectivity index (χ0v) is 13.3. The van der Waals surface area contributed by atoms with Gasteiger partial charge in [0.15, 0.2) is 9.84 Å². The number of sulfone groups is 1. The van der Waals surface area contributed by atoms with Crippen molar-refractivity contribution in [2.45, 2.75) is 4.90 Å². The van der Waals surface area contributed by atoms with Crippen LogP contribution in [0.5, 0.6) is 0 Å². The smallest absolute Gasteiger partial charge is 0.239 e. The molecule has 0 spiro atoms. The maximum atomic E-state index is 12.2. The van der Waals surface area contributed by atoms with Crippen molar-refractivity contribution in [3.63, 3.8) is 0 Å². The van der Waals surface area contributed by atoms with Crippen molar-refractivity contribution < 1.29 is 13.2 Å². The van der Waals surface area contributed by atoms with E-state index in [9.17, 15) is 13.2 Å². The SMILES string of the molecule is Nc1ccccc1S(=O)(=O)CC(=O)Nc1cccc(Br)c1. The van der Waals surface area contributed by atoms with Gasteiger partial charge in [0.1, 0.15) is 5.75 Å². The average Bonchev–Trinajstić information content (AvgIpc) is 2.38. The Labute approximate surface area is 131 Å². The fourth-order valence-electron chi connectivity index (χ4n) is 1.78. The molecule has 1 amide bonds. The molecule has 0 aliphatic rings. The molecule has 0 aromatic heterocycles. The number of nitrogens with one attached hydrogen (secondary N) is 1. The summed E-state index contributed by atoms with van der Waals surface area (Å²) in [5, 5.41) is 2.54. The van der Waals surface area contributed by atoms with Crippen LogP contribution in [0.15, 0.2) is 57.9 Å². The van der Waals surface area contributed by atoms with Crippen LogP contribution in [0.3, 0.4) is 0 Å². The zero-order valence-electron chi connectivity index (χ0n) is 10.9. The summed E-state index contributed by atoms with van der Waals surface area (Å²) in [5.41, 5.74) is 6.29. The van der Waals surface area contributed by atoms with E-state index in [1.807, 2.05) is 0 Å². The molecular formula is C14H13BrN2O3S. The number of benzene rings is 2. The number of para-hydroxylation sites is 1. The second-order valence-electron chi connectivity index (χ2n) is 4.36. The van der Waals surface area contributed by atoms with Crippen LogP contribution in [-0.2, 0) is 14.6 Å². The first-order valence-corrected chi connectivity index (χ1v) is 8.46. The molecule has 2 aromatic carbocycles. The Hall–Kier alpha value is -1.86. The van der Waals surface area contributed by atoms with Crippen LogP contribution in [0.4, 0.5) is 11.4 Å². The summed E-state index contributed by atoms with van der Waals surface area (Å²) in [6.45, 7) is 0. The molecule has 2 rings (SSSR count). The third-order valence-electron chi connectivity index (χ3n) is 2.68. The minimum Gasteiger partial charge on any atom is -0.398 e. The topological polar surface area (TPSA) is 89.3 Å². The lowest BCUT2D eigenvalue weighted by Crippen LogP contribution is -2.23. The van der Waals surface area contributed by atoms with Gasteiger partial charge in [0.2, 0.25) is 5.91 Å². The van der Waals surface area contributed by atoms with Gasteiger partial charge in [-0.15, -0.1) is 0 Å². The van der Waals surface area contributed by atoms with E-state index >= 15 is 0 Å². The van der Waals surface area contributed by atoms with Gasteiger partial charge in [0.25, 0.3) is 0 Å². The maximum Gasteiger partial charge on any atom is 0.239 e. The van der Waals surface area contributed by atoms with E-state index < -0.39 is 21.5 Å². The van der Waals surface area contributed by atoms with E-state index in [0.717, 1.165) is 4.47 Å². The number of hydrogen-bond acceptors (Lipinski definition) is 4. The fraction of sp³-hybridized carbons (Fsp3) is 0.0714. The number of nitrogens with two attached hydrogens (primary N) is 1. The van der Waals surface area contributed by atoms with Crippen LogP contribution in [0.25, 0.3) is 0 Å². The quantitative estimate of drug-likeness (QED) is 0.811. The molecule has 3 N–H and O–H groups in total. The van der Waals surface area contributed by atoms with Crippen LogP contribution < -0.4 is 11.1 Å². The zero-order chi connectivity index (χ0) is 15.5. The minimum atomic E-state index is -3.77. The van der Waals surface area contributed by atoms with E-state index in [0.29, 0.717) is 5.69 Å². The van der Waals surface area contributed by atoms with Crippen molar-refractivity contribution >= 4 is 43.0 Å². The molecule has 0 saturated heterocycles. The Morgan fingerprint density at radius 3 is 2.52 bits per heavy atom. The number of anilines is 2. The molecule has 7 heteroatoms. The Morgan fingerprint density at radius 1 is 1.14 bits per heavy atom. The molecule has 0 heterocycles. The monoisotopic (exact) mass is 368 g/mol. The van der Waals surface area contributed by atoms with Gasteiger partial charge in [-0.3, -0.25) is 4.79 Å². The highest BCUT2D eigenvalue weighted by Gasteiger charge is 2.21. The molecular weight excluding hydrogens is 356 g/mol. The molecule has 0 radical (unpaired) electrons. The summed E-state index contributed by atoms with van der Waals surface area (Å²) >= 11 is 3.27. The van der Waals surface area contributed by atoms with Crippen LogP contribution in [-0.4, -0.2) is 20.1 Å². The average molecular weight is 369 g/mol. The summed E-state index contributed by atoms with van der Waals surface area (Å²) in [4.78, 5) is 11.8. The second-order valence-corrected chi connectivity index (χ2v) is 7.23. The molecule has 0 atom stereocenters. The van der Waals surface area contributed by atoms with Crippen LogP contribution in [0.2, 0.25) is 0 Å². The van der Waals surface area contributed by atoms with Gasteiger partial charge in [-0.2, -0.15) is 0 Å². The van der Waals surface area contributed by atoms with Crippen molar-refractivity contribution in [3.8, 4) is 0 Å². The van der Waals surface area contributed by atoms with E-state index in [1.165, 1.54) is 12.1 Å². The molecule has 0 unspecified atom stereocenters. The number of carbonyl (C=O) groups is 1. The summed E-state index contributed by atoms with van der Waals surface area (Å²) in [5.74, 6) is -1.27. The molecule has 5 nitrogen and oxygen atoms in total. The van der Waals surface area contributed by atoms with Crippen LogP contribution in [0.1, 0.15) is 0 Å². The number of hydrogen-bond donors (Lipinski definition) is 2. The van der Waals surface area contributed by atoms with Crippen molar-refractivity contribution in [3.05, 3.63) is 53.0 Å². The summed E-state index contributed by atoms with van der Waals surface area (Å²) in [7, 11) is -3.77. The Morgan fingerprint density at radius 2 is 1.86 bits per heavy atom. The molecule has 21 heavy (non-hydrogen) atoms. The molecule has 0 fully saturated rings. The van der Waals surface area contributed by atoms with Gasteiger partial charge in [-0.25, -0.2) is 8.42 Å². The normalized spacial score (nSPS) is 11.1. The minimum absolute atomic E-state index is 0.0330. The van der Waals surface area contributed by atoms with Gasteiger partial charge in [-0.1, -0.05) is 34.1 Å². The molecule has 110 valence electrons. The summed E-state index contributed by atoms with van der Waals surface area (Å²) in [6, 6.07) is 13.0. The second kappa shape index (κ2) is 6.28. The maximum absolute atomic E-state index is 12.2. The molecule has 0 saturated carbocycles. The third kappa shape index (κ3) is 4.05. The van der Waals surface area contributed by atoms with Gasteiger partial charge in [-0.05, 0) is 30.3 Å². The van der Waals surface area contributed by atoms with Crippen LogP contribution in [0, 0.1) is 0 Å². The summed E-state index contributed by atoms with van der Waals surface area (Å²) < 4.78 is 25.1. The highest BCUT2D eigenvalue weighted by atomic mass is 79.9. The van der Waals surface area contributed by atoms with Gasteiger partial charge < -0.3 is 11.1 Å². The van der Waals surface area contributed by atoms with Crippen molar-refractivity contribution in [1.82, 2.24) is 0 Å². The third-order valence-corrected chi connectivity index (χ3v) is 4.86. The lowest BCUT2D eigenvalue weighted by Gasteiger charge is -2.08. The number of halogens is 1. The molecule has 2 aromatic rings. The Balaban J connectivity index is 2.14. The Kier molecular flexibility index (Phi) is 4.64. The standard InChI is InChI=1S/C14H13BrN2O3S/c15-10-4-3-5-11(8-10)17-14(18)9-21(19,20)13-7-2-1-6-12(13)16/h1-8H,9,16H2,(H,17,18). The van der Waals surface area contributed by atoms with Crippen molar-refractivity contribution in [2.24, 2.45) is 0 Å². The first kappa shape index (κ1) is 15.5. The number of carbonyl (C=O) groups excluding carboxylic acids is 1. The lowest BCUT2D eigenvalue weighted by atomic mass is 10.3. The predicted molar refractivity (Wildman–Crippen MR) is 85.7 cm³/mol. The first-order chi connectivity index (χ1) is 9.88. The van der Waals surface area contributed by atoms with E-state index in [-0.39, 0.29) is 10.6 Å².